The van der Waals surface area contributed by atoms with Crippen molar-refractivity contribution in [3.05, 3.63) is 71.8 Å². The molecule has 0 saturated carbocycles. The summed E-state index contributed by atoms with van der Waals surface area (Å²) < 4.78 is 5.96. The lowest BCUT2D eigenvalue weighted by Gasteiger charge is -2.15. The van der Waals surface area contributed by atoms with Crippen molar-refractivity contribution in [2.45, 2.75) is 13.8 Å². The van der Waals surface area contributed by atoms with Gasteiger partial charge in [0.15, 0.2) is 0 Å². The molecule has 0 spiro atoms. The lowest BCUT2D eigenvalue weighted by atomic mass is 9.96. The van der Waals surface area contributed by atoms with Crippen LogP contribution in [0, 0.1) is 13.8 Å². The molecule has 0 aliphatic heterocycles. The lowest BCUT2D eigenvalue weighted by molar-refractivity contribution is 0.481. The predicted molar refractivity (Wildman–Crippen MR) is 82.6 cm³/mol. The van der Waals surface area contributed by atoms with E-state index in [-0.39, 0.29) is 0 Å². The Morgan fingerprint density at radius 2 is 1.58 bits per heavy atom. The standard InChI is InChI=1S/C18H18O/c1-5-16-14(4)13(3)12-18(17(16)6-2)19-15-10-8-7-9-11-15/h5-12H,1-2H2,3-4H3. The van der Waals surface area contributed by atoms with Crippen LogP contribution in [0.2, 0.25) is 0 Å². The van der Waals surface area contributed by atoms with Gasteiger partial charge in [0.25, 0.3) is 0 Å². The minimum atomic E-state index is 0.819. The summed E-state index contributed by atoms with van der Waals surface area (Å²) in [6.45, 7) is 11.9. The summed E-state index contributed by atoms with van der Waals surface area (Å²) in [7, 11) is 0. The fourth-order valence-corrected chi connectivity index (χ4v) is 2.10. The number of hydrogen-bond donors (Lipinski definition) is 0. The molecule has 0 atom stereocenters. The number of rotatable bonds is 4. The van der Waals surface area contributed by atoms with Crippen molar-refractivity contribution < 1.29 is 4.74 Å². The van der Waals surface area contributed by atoms with E-state index < -0.39 is 0 Å². The van der Waals surface area contributed by atoms with Crippen molar-refractivity contribution >= 4 is 12.2 Å². The van der Waals surface area contributed by atoms with Crippen molar-refractivity contribution in [2.75, 3.05) is 0 Å². The van der Waals surface area contributed by atoms with E-state index in [2.05, 4.69) is 27.0 Å². The highest BCUT2D eigenvalue weighted by Crippen LogP contribution is 2.33. The van der Waals surface area contributed by atoms with Crippen LogP contribution in [-0.4, -0.2) is 0 Å². The third kappa shape index (κ3) is 2.60. The topological polar surface area (TPSA) is 9.23 Å². The van der Waals surface area contributed by atoms with Crippen molar-refractivity contribution in [3.63, 3.8) is 0 Å². The zero-order chi connectivity index (χ0) is 13.8. The molecule has 0 aromatic heterocycles. The van der Waals surface area contributed by atoms with Crippen molar-refractivity contribution in [1.82, 2.24) is 0 Å². The Kier molecular flexibility index (Phi) is 3.86. The number of ether oxygens (including phenoxy) is 1. The van der Waals surface area contributed by atoms with E-state index in [1.165, 1.54) is 11.1 Å². The number of aryl methyl sites for hydroxylation is 1. The zero-order valence-corrected chi connectivity index (χ0v) is 11.4. The van der Waals surface area contributed by atoms with E-state index in [0.29, 0.717) is 0 Å². The van der Waals surface area contributed by atoms with Gasteiger partial charge in [-0.3, -0.25) is 0 Å². The summed E-state index contributed by atoms with van der Waals surface area (Å²) in [6.07, 6.45) is 3.68. The smallest absolute Gasteiger partial charge is 0.135 e. The number of benzene rings is 2. The normalized spacial score (nSPS) is 10.0. The van der Waals surface area contributed by atoms with Crippen LogP contribution in [-0.2, 0) is 0 Å². The molecule has 1 heteroatoms. The molecule has 0 N–H and O–H groups in total. The molecule has 0 aliphatic rings. The van der Waals surface area contributed by atoms with Crippen LogP contribution < -0.4 is 4.74 Å². The molecule has 0 bridgehead atoms. The van der Waals surface area contributed by atoms with Gasteiger partial charge in [-0.1, -0.05) is 43.5 Å². The Hall–Kier alpha value is -2.28. The maximum absolute atomic E-state index is 5.96. The second-order valence-electron chi connectivity index (χ2n) is 4.47. The Morgan fingerprint density at radius 3 is 2.16 bits per heavy atom. The summed E-state index contributed by atoms with van der Waals surface area (Å²) in [6, 6.07) is 11.8. The lowest BCUT2D eigenvalue weighted by Crippen LogP contribution is -1.95. The van der Waals surface area contributed by atoms with Crippen molar-refractivity contribution in [2.24, 2.45) is 0 Å². The van der Waals surface area contributed by atoms with Crippen LogP contribution in [0.5, 0.6) is 11.5 Å². The first kappa shape index (κ1) is 13.2. The van der Waals surface area contributed by atoms with Crippen LogP contribution in [0.25, 0.3) is 12.2 Å². The molecule has 2 rings (SSSR count). The Labute approximate surface area is 114 Å². The maximum atomic E-state index is 5.96. The molecule has 0 radical (unpaired) electrons. The third-order valence-electron chi connectivity index (χ3n) is 3.28. The minimum absolute atomic E-state index is 0.819. The molecule has 1 nitrogen and oxygen atoms in total. The predicted octanol–water partition coefficient (Wildman–Crippen LogP) is 5.38. The van der Waals surface area contributed by atoms with E-state index in [1.54, 1.807) is 0 Å². The van der Waals surface area contributed by atoms with Gasteiger partial charge in [0.1, 0.15) is 11.5 Å². The first-order valence-corrected chi connectivity index (χ1v) is 6.29. The molecule has 2 aromatic carbocycles. The van der Waals surface area contributed by atoms with Gasteiger partial charge in [-0.25, -0.2) is 0 Å². The van der Waals surface area contributed by atoms with Crippen LogP contribution in [0.3, 0.4) is 0 Å². The minimum Gasteiger partial charge on any atom is -0.457 e. The molecule has 0 amide bonds. The molecule has 0 unspecified atom stereocenters. The molecule has 0 fully saturated rings. The van der Waals surface area contributed by atoms with Gasteiger partial charge in [0.05, 0.1) is 0 Å². The van der Waals surface area contributed by atoms with Gasteiger partial charge >= 0.3 is 0 Å². The van der Waals surface area contributed by atoms with Crippen molar-refractivity contribution in [1.29, 1.82) is 0 Å². The largest absolute Gasteiger partial charge is 0.457 e. The summed E-state index contributed by atoms with van der Waals surface area (Å²) in [5.41, 5.74) is 4.47. The van der Waals surface area contributed by atoms with Gasteiger partial charge in [0.2, 0.25) is 0 Å². The summed E-state index contributed by atoms with van der Waals surface area (Å²) in [4.78, 5) is 0. The number of para-hydroxylation sites is 1. The molecular weight excluding hydrogens is 232 g/mol. The fraction of sp³-hybridized carbons (Fsp3) is 0.111. The van der Waals surface area contributed by atoms with Crippen LogP contribution in [0.15, 0.2) is 49.6 Å². The monoisotopic (exact) mass is 250 g/mol. The van der Waals surface area contributed by atoms with Crippen LogP contribution in [0.1, 0.15) is 22.3 Å². The molecule has 2 aromatic rings. The SMILES string of the molecule is C=Cc1c(Oc2ccccc2)cc(C)c(C)c1C=C. The third-order valence-corrected chi connectivity index (χ3v) is 3.28. The maximum Gasteiger partial charge on any atom is 0.135 e. The average molecular weight is 250 g/mol. The van der Waals surface area contributed by atoms with E-state index in [4.69, 9.17) is 4.74 Å². The Balaban J connectivity index is 2.54. The Bertz CT molecular complexity index is 609. The quantitative estimate of drug-likeness (QED) is 0.707. The second kappa shape index (κ2) is 5.57. The first-order valence-electron chi connectivity index (χ1n) is 6.29. The fourth-order valence-electron chi connectivity index (χ4n) is 2.10. The number of hydrogen-bond acceptors (Lipinski definition) is 1. The van der Waals surface area contributed by atoms with Gasteiger partial charge in [-0.05, 0) is 48.7 Å². The highest BCUT2D eigenvalue weighted by atomic mass is 16.5. The molecular formula is C18H18O. The highest BCUT2D eigenvalue weighted by molar-refractivity contribution is 5.72. The van der Waals surface area contributed by atoms with E-state index in [1.807, 2.05) is 48.6 Å². The molecule has 0 saturated heterocycles. The zero-order valence-electron chi connectivity index (χ0n) is 11.4. The summed E-state index contributed by atoms with van der Waals surface area (Å²) in [5, 5.41) is 0. The van der Waals surface area contributed by atoms with Gasteiger partial charge in [0, 0.05) is 5.56 Å². The van der Waals surface area contributed by atoms with E-state index in [9.17, 15) is 0 Å². The summed E-state index contributed by atoms with van der Waals surface area (Å²) >= 11 is 0. The molecule has 96 valence electrons. The average Bonchev–Trinajstić information content (AvgIpc) is 2.43. The van der Waals surface area contributed by atoms with Crippen molar-refractivity contribution in [3.8, 4) is 11.5 Å². The van der Waals surface area contributed by atoms with Gasteiger partial charge in [-0.2, -0.15) is 0 Å². The van der Waals surface area contributed by atoms with Gasteiger partial charge in [-0.15, -0.1) is 0 Å². The van der Waals surface area contributed by atoms with Crippen LogP contribution in [0.4, 0.5) is 0 Å². The Morgan fingerprint density at radius 1 is 0.947 bits per heavy atom. The second-order valence-corrected chi connectivity index (χ2v) is 4.47. The first-order chi connectivity index (χ1) is 9.17. The van der Waals surface area contributed by atoms with Gasteiger partial charge < -0.3 is 4.74 Å². The summed E-state index contributed by atoms with van der Waals surface area (Å²) in [5.74, 6) is 1.64. The molecule has 0 aliphatic carbocycles. The van der Waals surface area contributed by atoms with Crippen LogP contribution >= 0.6 is 0 Å². The van der Waals surface area contributed by atoms with E-state index in [0.717, 1.165) is 22.6 Å². The molecule has 19 heavy (non-hydrogen) atoms. The molecule has 0 heterocycles. The highest BCUT2D eigenvalue weighted by Gasteiger charge is 2.11. The van der Waals surface area contributed by atoms with E-state index >= 15 is 0 Å².